The first-order valence-electron chi connectivity index (χ1n) is 6.02. The SMILES string of the molecule is Cc1cc(CNc2ccc(N)cc2F)cc(C)c1F. The highest BCUT2D eigenvalue weighted by Crippen LogP contribution is 2.19. The van der Waals surface area contributed by atoms with Crippen molar-refractivity contribution in [2.75, 3.05) is 11.1 Å². The first kappa shape index (κ1) is 13.3. The normalized spacial score (nSPS) is 10.5. The summed E-state index contributed by atoms with van der Waals surface area (Å²) in [6.45, 7) is 3.87. The summed E-state index contributed by atoms with van der Waals surface area (Å²) >= 11 is 0. The van der Waals surface area contributed by atoms with Crippen LogP contribution in [-0.4, -0.2) is 0 Å². The molecular weight excluding hydrogens is 246 g/mol. The van der Waals surface area contributed by atoms with Crippen LogP contribution < -0.4 is 11.1 Å². The summed E-state index contributed by atoms with van der Waals surface area (Å²) in [5, 5.41) is 2.98. The summed E-state index contributed by atoms with van der Waals surface area (Å²) in [5.41, 5.74) is 8.34. The zero-order valence-corrected chi connectivity index (χ0v) is 10.9. The highest BCUT2D eigenvalue weighted by Gasteiger charge is 2.06. The fourth-order valence-electron chi connectivity index (χ4n) is 2.01. The van der Waals surface area contributed by atoms with Gasteiger partial charge in [0.15, 0.2) is 0 Å². The Morgan fingerprint density at radius 3 is 2.26 bits per heavy atom. The number of rotatable bonds is 3. The van der Waals surface area contributed by atoms with E-state index in [0.717, 1.165) is 5.56 Å². The second-order valence-electron chi connectivity index (χ2n) is 4.64. The predicted octanol–water partition coefficient (Wildman–Crippen LogP) is 3.78. The maximum atomic E-state index is 13.6. The Bertz CT molecular complexity index is 586. The number of halogens is 2. The fraction of sp³-hybridized carbons (Fsp3) is 0.200. The second kappa shape index (κ2) is 5.26. The van der Waals surface area contributed by atoms with E-state index in [4.69, 9.17) is 5.73 Å². The van der Waals surface area contributed by atoms with E-state index < -0.39 is 5.82 Å². The van der Waals surface area contributed by atoms with Gasteiger partial charge in [-0.2, -0.15) is 0 Å². The van der Waals surface area contributed by atoms with Gasteiger partial charge in [0.05, 0.1) is 5.69 Å². The molecular formula is C15H16F2N2. The van der Waals surface area contributed by atoms with Crippen molar-refractivity contribution in [3.05, 3.63) is 58.7 Å². The average molecular weight is 262 g/mol. The van der Waals surface area contributed by atoms with E-state index in [0.29, 0.717) is 29.0 Å². The summed E-state index contributed by atoms with van der Waals surface area (Å²) in [4.78, 5) is 0. The molecule has 100 valence electrons. The number of nitrogens with one attached hydrogen (secondary N) is 1. The van der Waals surface area contributed by atoms with Crippen molar-refractivity contribution >= 4 is 11.4 Å². The Morgan fingerprint density at radius 2 is 1.68 bits per heavy atom. The molecule has 2 rings (SSSR count). The molecule has 0 aliphatic heterocycles. The predicted molar refractivity (Wildman–Crippen MR) is 74.0 cm³/mol. The van der Waals surface area contributed by atoms with E-state index in [1.54, 1.807) is 38.1 Å². The monoisotopic (exact) mass is 262 g/mol. The lowest BCUT2D eigenvalue weighted by Crippen LogP contribution is -2.03. The molecule has 0 bridgehead atoms. The molecule has 2 aromatic carbocycles. The van der Waals surface area contributed by atoms with Gasteiger partial charge in [-0.15, -0.1) is 0 Å². The smallest absolute Gasteiger partial charge is 0.148 e. The maximum absolute atomic E-state index is 13.6. The molecule has 19 heavy (non-hydrogen) atoms. The summed E-state index contributed by atoms with van der Waals surface area (Å²) in [6, 6.07) is 8.00. The lowest BCUT2D eigenvalue weighted by Gasteiger charge is -2.10. The van der Waals surface area contributed by atoms with Gasteiger partial charge in [0.1, 0.15) is 11.6 Å². The quantitative estimate of drug-likeness (QED) is 0.826. The van der Waals surface area contributed by atoms with E-state index in [1.807, 2.05) is 0 Å². The molecule has 0 aromatic heterocycles. The Kier molecular flexibility index (Phi) is 3.69. The fourth-order valence-corrected chi connectivity index (χ4v) is 2.01. The van der Waals surface area contributed by atoms with Gasteiger partial charge in [0, 0.05) is 12.2 Å². The molecule has 0 fully saturated rings. The summed E-state index contributed by atoms with van der Waals surface area (Å²) in [6.07, 6.45) is 0. The van der Waals surface area contributed by atoms with Gasteiger partial charge in [0.25, 0.3) is 0 Å². The van der Waals surface area contributed by atoms with E-state index in [-0.39, 0.29) is 5.82 Å². The average Bonchev–Trinajstić information content (AvgIpc) is 2.34. The Morgan fingerprint density at radius 1 is 1.05 bits per heavy atom. The number of anilines is 2. The summed E-state index contributed by atoms with van der Waals surface area (Å²) in [7, 11) is 0. The summed E-state index contributed by atoms with van der Waals surface area (Å²) in [5.74, 6) is -0.585. The molecule has 3 N–H and O–H groups in total. The van der Waals surface area contributed by atoms with Gasteiger partial charge in [-0.25, -0.2) is 8.78 Å². The minimum atomic E-state index is -0.393. The maximum Gasteiger partial charge on any atom is 0.148 e. The molecule has 4 heteroatoms. The number of hydrogen-bond donors (Lipinski definition) is 2. The van der Waals surface area contributed by atoms with E-state index in [1.165, 1.54) is 6.07 Å². The van der Waals surface area contributed by atoms with Crippen LogP contribution in [0.25, 0.3) is 0 Å². The molecule has 0 spiro atoms. The van der Waals surface area contributed by atoms with Crippen molar-refractivity contribution < 1.29 is 8.78 Å². The van der Waals surface area contributed by atoms with Crippen LogP contribution in [0, 0.1) is 25.5 Å². The van der Waals surface area contributed by atoms with Crippen molar-refractivity contribution in [2.24, 2.45) is 0 Å². The van der Waals surface area contributed by atoms with Crippen molar-refractivity contribution in [3.8, 4) is 0 Å². The minimum Gasteiger partial charge on any atom is -0.399 e. The van der Waals surface area contributed by atoms with Crippen molar-refractivity contribution in [3.63, 3.8) is 0 Å². The molecule has 0 radical (unpaired) electrons. The van der Waals surface area contributed by atoms with Crippen molar-refractivity contribution in [2.45, 2.75) is 20.4 Å². The van der Waals surface area contributed by atoms with Crippen LogP contribution in [0.2, 0.25) is 0 Å². The number of benzene rings is 2. The van der Waals surface area contributed by atoms with Crippen LogP contribution >= 0.6 is 0 Å². The summed E-state index contributed by atoms with van der Waals surface area (Å²) < 4.78 is 27.1. The Hall–Kier alpha value is -2.10. The molecule has 0 heterocycles. The third kappa shape index (κ3) is 3.02. The molecule has 0 saturated carbocycles. The number of nitrogen functional groups attached to an aromatic ring is 1. The number of aryl methyl sites for hydroxylation is 2. The van der Waals surface area contributed by atoms with Gasteiger partial charge in [0.2, 0.25) is 0 Å². The van der Waals surface area contributed by atoms with Crippen LogP contribution in [0.15, 0.2) is 30.3 Å². The molecule has 0 unspecified atom stereocenters. The molecule has 2 aromatic rings. The molecule has 0 saturated heterocycles. The molecule has 0 aliphatic rings. The zero-order valence-electron chi connectivity index (χ0n) is 10.9. The lowest BCUT2D eigenvalue weighted by atomic mass is 10.1. The van der Waals surface area contributed by atoms with Gasteiger partial charge in [-0.3, -0.25) is 0 Å². The molecule has 0 amide bonds. The Labute approximate surface area is 111 Å². The van der Waals surface area contributed by atoms with Crippen LogP contribution in [0.4, 0.5) is 20.2 Å². The first-order valence-corrected chi connectivity index (χ1v) is 6.02. The molecule has 2 nitrogen and oxygen atoms in total. The van der Waals surface area contributed by atoms with Gasteiger partial charge in [-0.1, -0.05) is 12.1 Å². The standard InChI is InChI=1S/C15H16F2N2/c1-9-5-11(6-10(2)15(9)17)8-19-14-4-3-12(18)7-13(14)16/h3-7,19H,8,18H2,1-2H3. The third-order valence-electron chi connectivity index (χ3n) is 2.97. The second-order valence-corrected chi connectivity index (χ2v) is 4.64. The van der Waals surface area contributed by atoms with Gasteiger partial charge < -0.3 is 11.1 Å². The zero-order chi connectivity index (χ0) is 14.0. The third-order valence-corrected chi connectivity index (χ3v) is 2.97. The van der Waals surface area contributed by atoms with Crippen LogP contribution in [0.3, 0.4) is 0 Å². The van der Waals surface area contributed by atoms with Crippen molar-refractivity contribution in [1.29, 1.82) is 0 Å². The number of nitrogens with two attached hydrogens (primary N) is 1. The topological polar surface area (TPSA) is 38.0 Å². The molecule has 0 atom stereocenters. The van der Waals surface area contributed by atoms with Gasteiger partial charge >= 0.3 is 0 Å². The van der Waals surface area contributed by atoms with E-state index >= 15 is 0 Å². The first-order chi connectivity index (χ1) is 8.97. The van der Waals surface area contributed by atoms with E-state index in [9.17, 15) is 8.78 Å². The largest absolute Gasteiger partial charge is 0.399 e. The van der Waals surface area contributed by atoms with Crippen LogP contribution in [0.5, 0.6) is 0 Å². The van der Waals surface area contributed by atoms with Crippen LogP contribution in [-0.2, 0) is 6.54 Å². The molecule has 0 aliphatic carbocycles. The van der Waals surface area contributed by atoms with Crippen molar-refractivity contribution in [1.82, 2.24) is 0 Å². The lowest BCUT2D eigenvalue weighted by molar-refractivity contribution is 0.608. The van der Waals surface area contributed by atoms with Crippen LogP contribution in [0.1, 0.15) is 16.7 Å². The number of hydrogen-bond acceptors (Lipinski definition) is 2. The van der Waals surface area contributed by atoms with E-state index in [2.05, 4.69) is 5.32 Å². The van der Waals surface area contributed by atoms with Gasteiger partial charge in [-0.05, 0) is 48.7 Å². The highest BCUT2D eigenvalue weighted by molar-refractivity contribution is 5.53. The highest BCUT2D eigenvalue weighted by atomic mass is 19.1. The minimum absolute atomic E-state index is 0.192. The Balaban J connectivity index is 2.14.